The molecule has 1 aromatic heterocycles. The second-order valence-electron chi connectivity index (χ2n) is 8.58. The van der Waals surface area contributed by atoms with E-state index in [-0.39, 0.29) is 42.8 Å². The molecule has 5 N–H and O–H groups in total. The number of carboxylic acid groups (broad SMARTS) is 1. The number of unbranched alkanes of at least 4 members (excludes halogenated alkanes) is 1. The SMILES string of the molecule is O=CNCCCCNC(=O)c1cc2cc(N(CCCC(=O)NCc3cc(F)cc(Cl)c3)C(=O)O)ccc2[nH]1. The van der Waals surface area contributed by atoms with E-state index in [1.165, 1.54) is 12.1 Å². The van der Waals surface area contributed by atoms with Crippen LogP contribution in [0.25, 0.3) is 10.9 Å². The fraction of sp³-hybridized carbons (Fsp3) is 0.308. The smallest absolute Gasteiger partial charge is 0.411 e. The minimum absolute atomic E-state index is 0.0781. The van der Waals surface area contributed by atoms with Gasteiger partial charge in [0.25, 0.3) is 5.91 Å². The number of aromatic nitrogens is 1. The van der Waals surface area contributed by atoms with Crippen LogP contribution in [0.2, 0.25) is 5.02 Å². The van der Waals surface area contributed by atoms with Crippen LogP contribution in [0.5, 0.6) is 0 Å². The fourth-order valence-electron chi connectivity index (χ4n) is 3.85. The Morgan fingerprint density at radius 1 is 1.03 bits per heavy atom. The van der Waals surface area contributed by atoms with Gasteiger partial charge in [0.05, 0.1) is 0 Å². The molecule has 38 heavy (non-hydrogen) atoms. The lowest BCUT2D eigenvalue weighted by Crippen LogP contribution is -2.31. The van der Waals surface area contributed by atoms with Gasteiger partial charge in [-0.2, -0.15) is 0 Å². The fourth-order valence-corrected chi connectivity index (χ4v) is 4.10. The van der Waals surface area contributed by atoms with Gasteiger partial charge in [-0.15, -0.1) is 0 Å². The van der Waals surface area contributed by atoms with Crippen LogP contribution in [0.1, 0.15) is 41.7 Å². The van der Waals surface area contributed by atoms with Crippen LogP contribution >= 0.6 is 11.6 Å². The summed E-state index contributed by atoms with van der Waals surface area (Å²) in [4.78, 5) is 50.9. The molecule has 0 saturated heterocycles. The molecule has 12 heteroatoms. The molecule has 2 aromatic carbocycles. The molecule has 0 saturated carbocycles. The van der Waals surface area contributed by atoms with E-state index in [9.17, 15) is 28.7 Å². The number of nitrogens with zero attached hydrogens (tertiary/aromatic N) is 1. The maximum absolute atomic E-state index is 13.4. The average molecular weight is 546 g/mol. The standard InChI is InChI=1S/C26H29ClFN5O5/c27-19-10-17(11-20(28)14-19)15-31-24(35)4-3-9-33(26(37)38)21-5-6-22-18(12-21)13-23(32-22)25(36)30-8-2-1-7-29-16-34/h5-6,10-14,16,32H,1-4,7-9,15H2,(H,29,34)(H,30,36)(H,31,35)(H,37,38). The van der Waals surface area contributed by atoms with E-state index >= 15 is 0 Å². The zero-order valence-electron chi connectivity index (χ0n) is 20.6. The number of hydrogen-bond donors (Lipinski definition) is 5. The molecule has 3 aromatic rings. The van der Waals surface area contributed by atoms with Crippen molar-refractivity contribution in [2.45, 2.75) is 32.2 Å². The summed E-state index contributed by atoms with van der Waals surface area (Å²) in [6.45, 7) is 1.19. The molecule has 3 rings (SSSR count). The first-order valence-electron chi connectivity index (χ1n) is 12.1. The monoisotopic (exact) mass is 545 g/mol. The minimum Gasteiger partial charge on any atom is -0.465 e. The molecular formula is C26H29ClFN5O5. The van der Waals surface area contributed by atoms with Crippen LogP contribution in [0.15, 0.2) is 42.5 Å². The van der Waals surface area contributed by atoms with Crippen LogP contribution in [-0.2, 0) is 16.1 Å². The van der Waals surface area contributed by atoms with Crippen molar-refractivity contribution in [1.29, 1.82) is 0 Å². The van der Waals surface area contributed by atoms with Gasteiger partial charge in [-0.3, -0.25) is 19.3 Å². The topological polar surface area (TPSA) is 144 Å². The van der Waals surface area contributed by atoms with Crippen molar-refractivity contribution in [3.05, 3.63) is 64.6 Å². The Morgan fingerprint density at radius 2 is 1.82 bits per heavy atom. The van der Waals surface area contributed by atoms with Crippen molar-refractivity contribution in [2.75, 3.05) is 24.5 Å². The zero-order chi connectivity index (χ0) is 27.5. The van der Waals surface area contributed by atoms with Gasteiger partial charge in [-0.1, -0.05) is 11.6 Å². The molecule has 4 amide bonds. The van der Waals surface area contributed by atoms with Crippen molar-refractivity contribution in [1.82, 2.24) is 20.9 Å². The number of amides is 4. The Balaban J connectivity index is 1.53. The first kappa shape index (κ1) is 28.5. The molecule has 0 unspecified atom stereocenters. The highest BCUT2D eigenvalue weighted by Crippen LogP contribution is 2.24. The number of fused-ring (bicyclic) bond motifs is 1. The van der Waals surface area contributed by atoms with Gasteiger partial charge in [0.15, 0.2) is 0 Å². The number of carbonyl (C=O) groups is 4. The van der Waals surface area contributed by atoms with E-state index in [0.29, 0.717) is 53.8 Å². The lowest BCUT2D eigenvalue weighted by Gasteiger charge is -2.19. The Kier molecular flexibility index (Phi) is 10.5. The van der Waals surface area contributed by atoms with E-state index in [2.05, 4.69) is 20.9 Å². The minimum atomic E-state index is -1.17. The van der Waals surface area contributed by atoms with E-state index < -0.39 is 11.9 Å². The molecule has 0 aliphatic carbocycles. The third-order valence-corrected chi connectivity index (χ3v) is 5.92. The highest BCUT2D eigenvalue weighted by atomic mass is 35.5. The number of anilines is 1. The van der Waals surface area contributed by atoms with Crippen LogP contribution in [0.4, 0.5) is 14.9 Å². The number of hydrogen-bond acceptors (Lipinski definition) is 4. The molecule has 0 atom stereocenters. The maximum atomic E-state index is 13.4. The van der Waals surface area contributed by atoms with Gasteiger partial charge in [-0.05, 0) is 67.3 Å². The highest BCUT2D eigenvalue weighted by molar-refractivity contribution is 6.30. The molecule has 0 fully saturated rings. The van der Waals surface area contributed by atoms with E-state index in [4.69, 9.17) is 11.6 Å². The Hall–Kier alpha value is -4.12. The summed E-state index contributed by atoms with van der Waals surface area (Å²) in [5.74, 6) is -1.08. The molecule has 10 nitrogen and oxygen atoms in total. The predicted molar refractivity (Wildman–Crippen MR) is 142 cm³/mol. The van der Waals surface area contributed by atoms with E-state index in [0.717, 1.165) is 11.3 Å². The summed E-state index contributed by atoms with van der Waals surface area (Å²) in [6.07, 6.45) is 1.26. The third kappa shape index (κ3) is 8.48. The number of nitrogens with one attached hydrogen (secondary N) is 4. The number of aromatic amines is 1. The normalized spacial score (nSPS) is 10.7. The number of halogens is 2. The van der Waals surface area contributed by atoms with Gasteiger partial charge < -0.3 is 26.0 Å². The van der Waals surface area contributed by atoms with Crippen LogP contribution in [0, 0.1) is 5.82 Å². The Bertz CT molecular complexity index is 1280. The average Bonchev–Trinajstić information content (AvgIpc) is 3.30. The number of rotatable bonds is 14. The van der Waals surface area contributed by atoms with Crippen molar-refractivity contribution in [3.63, 3.8) is 0 Å². The summed E-state index contributed by atoms with van der Waals surface area (Å²) in [5.41, 5.74) is 1.96. The van der Waals surface area contributed by atoms with Crippen molar-refractivity contribution in [3.8, 4) is 0 Å². The highest BCUT2D eigenvalue weighted by Gasteiger charge is 2.17. The lowest BCUT2D eigenvalue weighted by molar-refractivity contribution is -0.121. The zero-order valence-corrected chi connectivity index (χ0v) is 21.3. The second kappa shape index (κ2) is 14.0. The number of carbonyl (C=O) groups excluding carboxylic acids is 3. The first-order valence-corrected chi connectivity index (χ1v) is 12.4. The number of H-pyrrole nitrogens is 1. The first-order chi connectivity index (χ1) is 18.3. The van der Waals surface area contributed by atoms with Gasteiger partial charge in [-0.25, -0.2) is 9.18 Å². The van der Waals surface area contributed by atoms with Crippen LogP contribution < -0.4 is 20.9 Å². The largest absolute Gasteiger partial charge is 0.465 e. The van der Waals surface area contributed by atoms with Crippen LogP contribution in [0.3, 0.4) is 0 Å². The second-order valence-corrected chi connectivity index (χ2v) is 9.02. The lowest BCUT2D eigenvalue weighted by atomic mass is 10.2. The quantitative estimate of drug-likeness (QED) is 0.155. The molecule has 0 bridgehead atoms. The molecule has 0 aliphatic heterocycles. The summed E-state index contributed by atoms with van der Waals surface area (Å²) >= 11 is 5.82. The third-order valence-electron chi connectivity index (χ3n) is 5.71. The Morgan fingerprint density at radius 3 is 2.55 bits per heavy atom. The van der Waals surface area contributed by atoms with Gasteiger partial charge in [0.2, 0.25) is 12.3 Å². The molecule has 1 heterocycles. The summed E-state index contributed by atoms with van der Waals surface area (Å²) in [6, 6.07) is 10.6. The van der Waals surface area contributed by atoms with E-state index in [1.807, 2.05) is 0 Å². The molecule has 0 aliphatic rings. The predicted octanol–water partition coefficient (Wildman–Crippen LogP) is 3.80. The molecule has 202 valence electrons. The molecular weight excluding hydrogens is 517 g/mol. The summed E-state index contributed by atoms with van der Waals surface area (Å²) < 4.78 is 13.4. The van der Waals surface area contributed by atoms with Crippen molar-refractivity contribution < 1.29 is 28.7 Å². The molecule has 0 radical (unpaired) electrons. The number of benzene rings is 2. The van der Waals surface area contributed by atoms with Gasteiger partial charge in [0, 0.05) is 54.2 Å². The van der Waals surface area contributed by atoms with Crippen molar-refractivity contribution >= 4 is 52.5 Å². The van der Waals surface area contributed by atoms with Gasteiger partial charge in [0.1, 0.15) is 11.5 Å². The Labute approximate surface area is 223 Å². The summed E-state index contributed by atoms with van der Waals surface area (Å²) in [5, 5.41) is 18.7. The maximum Gasteiger partial charge on any atom is 0.411 e. The van der Waals surface area contributed by atoms with Crippen LogP contribution in [-0.4, -0.2) is 54.0 Å². The van der Waals surface area contributed by atoms with Crippen molar-refractivity contribution in [2.24, 2.45) is 0 Å². The molecule has 0 spiro atoms. The van der Waals surface area contributed by atoms with E-state index in [1.54, 1.807) is 30.3 Å². The van der Waals surface area contributed by atoms with Gasteiger partial charge >= 0.3 is 6.09 Å². The summed E-state index contributed by atoms with van der Waals surface area (Å²) in [7, 11) is 0.